The zero-order valence-electron chi connectivity index (χ0n) is 10.1. The van der Waals surface area contributed by atoms with Gasteiger partial charge in [-0.2, -0.15) is 5.10 Å². The Morgan fingerprint density at radius 1 is 1.33 bits per heavy atom. The van der Waals surface area contributed by atoms with Crippen LogP contribution in [0.5, 0.6) is 0 Å². The van der Waals surface area contributed by atoms with Crippen molar-refractivity contribution < 1.29 is 8.42 Å². The van der Waals surface area contributed by atoms with Gasteiger partial charge >= 0.3 is 0 Å². The third-order valence-electron chi connectivity index (χ3n) is 2.59. The molecule has 0 aliphatic heterocycles. The first kappa shape index (κ1) is 13.1. The average molecular weight is 285 g/mol. The topological polar surface area (TPSA) is 52.0 Å². The quantitative estimate of drug-likeness (QED) is 0.814. The molecule has 0 bridgehead atoms. The molecule has 96 valence electrons. The number of hydrogen-bond acceptors (Lipinski definition) is 3. The van der Waals surface area contributed by atoms with Crippen LogP contribution in [-0.4, -0.2) is 18.2 Å². The third-order valence-corrected chi connectivity index (χ3v) is 3.58. The van der Waals surface area contributed by atoms with Gasteiger partial charge in [0.15, 0.2) is 0 Å². The molecule has 1 aromatic carbocycles. The highest BCUT2D eigenvalue weighted by atomic mass is 35.7. The van der Waals surface area contributed by atoms with Gasteiger partial charge in [0.25, 0.3) is 0 Å². The Kier molecular flexibility index (Phi) is 3.45. The molecular formula is C12H13ClN2O2S. The maximum Gasteiger partial charge on any atom is 0.236 e. The summed E-state index contributed by atoms with van der Waals surface area (Å²) >= 11 is 0. The number of aryl methyl sites for hydroxylation is 2. The summed E-state index contributed by atoms with van der Waals surface area (Å²) in [4.78, 5) is 0. The Hall–Kier alpha value is -1.33. The molecule has 4 nitrogen and oxygen atoms in total. The zero-order valence-corrected chi connectivity index (χ0v) is 11.7. The first-order valence-corrected chi connectivity index (χ1v) is 7.87. The van der Waals surface area contributed by atoms with Crippen molar-refractivity contribution in [2.45, 2.75) is 19.6 Å². The zero-order chi connectivity index (χ0) is 13.3. The smallest absolute Gasteiger partial charge is 0.236 e. The molecule has 0 saturated carbocycles. The Labute approximate surface area is 111 Å². The summed E-state index contributed by atoms with van der Waals surface area (Å²) in [6.45, 7) is 3.76. The van der Waals surface area contributed by atoms with Crippen LogP contribution in [-0.2, 0) is 14.8 Å². The predicted octanol–water partition coefficient (Wildman–Crippen LogP) is 2.56. The lowest BCUT2D eigenvalue weighted by atomic mass is 10.2. The Bertz CT molecular complexity index is 677. The molecule has 0 saturated heterocycles. The number of aromatic nitrogens is 2. The van der Waals surface area contributed by atoms with E-state index in [-0.39, 0.29) is 5.75 Å². The van der Waals surface area contributed by atoms with E-state index in [1.807, 2.05) is 31.2 Å². The maximum atomic E-state index is 11.1. The lowest BCUT2D eigenvalue weighted by Gasteiger charge is -2.01. The number of nitrogens with zero attached hydrogens (tertiary/aromatic N) is 2. The summed E-state index contributed by atoms with van der Waals surface area (Å²) in [5.41, 5.74) is 3.30. The van der Waals surface area contributed by atoms with Crippen LogP contribution in [0.3, 0.4) is 0 Å². The molecule has 1 aromatic heterocycles. The molecule has 1 heterocycles. The Balaban J connectivity index is 2.40. The molecule has 0 atom stereocenters. The van der Waals surface area contributed by atoms with Crippen LogP contribution in [0.15, 0.2) is 30.5 Å². The molecule has 6 heteroatoms. The Morgan fingerprint density at radius 3 is 2.67 bits per heavy atom. The van der Waals surface area contributed by atoms with Gasteiger partial charge in [-0.1, -0.05) is 12.1 Å². The summed E-state index contributed by atoms with van der Waals surface area (Å²) in [6.07, 6.45) is 1.70. The second-order valence-corrected chi connectivity index (χ2v) is 6.98. The second kappa shape index (κ2) is 4.74. The van der Waals surface area contributed by atoms with E-state index in [1.165, 1.54) is 0 Å². The fourth-order valence-corrected chi connectivity index (χ4v) is 2.73. The lowest BCUT2D eigenvalue weighted by molar-refractivity contribution is 0.608. The fourth-order valence-electron chi connectivity index (χ4n) is 1.73. The first-order valence-electron chi connectivity index (χ1n) is 5.40. The molecular weight excluding hydrogens is 272 g/mol. The highest BCUT2D eigenvalue weighted by Crippen LogP contribution is 2.16. The minimum absolute atomic E-state index is 0.202. The van der Waals surface area contributed by atoms with Gasteiger partial charge in [-0.05, 0) is 31.5 Å². The van der Waals surface area contributed by atoms with Crippen LogP contribution in [0.2, 0.25) is 0 Å². The number of halogens is 1. The van der Waals surface area contributed by atoms with Crippen LogP contribution < -0.4 is 0 Å². The van der Waals surface area contributed by atoms with Crippen molar-refractivity contribution in [3.63, 3.8) is 0 Å². The van der Waals surface area contributed by atoms with Crippen LogP contribution in [0, 0.1) is 13.8 Å². The van der Waals surface area contributed by atoms with Crippen molar-refractivity contribution in [1.29, 1.82) is 0 Å². The van der Waals surface area contributed by atoms with Crippen LogP contribution in [0.25, 0.3) is 5.69 Å². The number of benzene rings is 1. The van der Waals surface area contributed by atoms with Crippen molar-refractivity contribution in [3.8, 4) is 5.69 Å². The molecule has 0 aliphatic carbocycles. The van der Waals surface area contributed by atoms with E-state index < -0.39 is 9.05 Å². The summed E-state index contributed by atoms with van der Waals surface area (Å²) < 4.78 is 23.8. The number of hydrogen-bond donors (Lipinski definition) is 0. The third kappa shape index (κ3) is 3.11. The highest BCUT2D eigenvalue weighted by molar-refractivity contribution is 8.13. The summed E-state index contributed by atoms with van der Waals surface area (Å²) in [7, 11) is 1.70. The second-order valence-electron chi connectivity index (χ2n) is 4.21. The molecule has 0 unspecified atom stereocenters. The highest BCUT2D eigenvalue weighted by Gasteiger charge is 2.13. The maximum absolute atomic E-state index is 11.1. The van der Waals surface area contributed by atoms with Gasteiger partial charge in [0.1, 0.15) is 0 Å². The van der Waals surface area contributed by atoms with Gasteiger partial charge in [-0.25, -0.2) is 13.1 Å². The molecule has 0 amide bonds. The molecule has 0 spiro atoms. The van der Waals surface area contributed by atoms with Crippen molar-refractivity contribution >= 4 is 19.7 Å². The van der Waals surface area contributed by atoms with E-state index in [9.17, 15) is 8.42 Å². The summed E-state index contributed by atoms with van der Waals surface area (Å²) in [5.74, 6) is -0.202. The van der Waals surface area contributed by atoms with Crippen LogP contribution in [0.4, 0.5) is 0 Å². The van der Waals surface area contributed by atoms with Gasteiger partial charge in [0, 0.05) is 22.4 Å². The van der Waals surface area contributed by atoms with Crippen molar-refractivity contribution in [3.05, 3.63) is 47.3 Å². The van der Waals surface area contributed by atoms with E-state index in [4.69, 9.17) is 10.7 Å². The largest absolute Gasteiger partial charge is 0.240 e. The fraction of sp³-hybridized carbons (Fsp3) is 0.250. The monoisotopic (exact) mass is 284 g/mol. The van der Waals surface area contributed by atoms with Gasteiger partial charge < -0.3 is 0 Å². The van der Waals surface area contributed by atoms with Gasteiger partial charge in [-0.15, -0.1) is 0 Å². The summed E-state index contributed by atoms with van der Waals surface area (Å²) in [5, 5.41) is 4.30. The van der Waals surface area contributed by atoms with E-state index in [1.54, 1.807) is 17.8 Å². The van der Waals surface area contributed by atoms with Crippen molar-refractivity contribution in [2.24, 2.45) is 0 Å². The predicted molar refractivity (Wildman–Crippen MR) is 71.5 cm³/mol. The number of rotatable bonds is 3. The van der Waals surface area contributed by atoms with Crippen LogP contribution >= 0.6 is 10.7 Å². The van der Waals surface area contributed by atoms with E-state index in [0.717, 1.165) is 11.3 Å². The SMILES string of the molecule is Cc1cccc(-n2cc(CS(=O)(=O)Cl)c(C)n2)c1. The standard InChI is InChI=1S/C12H13ClN2O2S/c1-9-4-3-5-12(6-9)15-7-11(10(2)14-15)8-18(13,16)17/h3-7H,8H2,1-2H3. The molecule has 18 heavy (non-hydrogen) atoms. The van der Waals surface area contributed by atoms with Crippen LogP contribution in [0.1, 0.15) is 16.8 Å². The average Bonchev–Trinajstić information content (AvgIpc) is 2.58. The molecule has 2 rings (SSSR count). The Morgan fingerprint density at radius 2 is 2.06 bits per heavy atom. The lowest BCUT2D eigenvalue weighted by Crippen LogP contribution is -1.95. The minimum Gasteiger partial charge on any atom is -0.240 e. The minimum atomic E-state index is -3.56. The molecule has 2 aromatic rings. The van der Waals surface area contributed by atoms with E-state index >= 15 is 0 Å². The first-order chi connectivity index (χ1) is 8.35. The van der Waals surface area contributed by atoms with Gasteiger partial charge in [-0.3, -0.25) is 0 Å². The van der Waals surface area contributed by atoms with Gasteiger partial charge in [0.05, 0.1) is 17.1 Å². The van der Waals surface area contributed by atoms with E-state index in [2.05, 4.69) is 5.10 Å². The van der Waals surface area contributed by atoms with Crippen molar-refractivity contribution in [1.82, 2.24) is 9.78 Å². The normalized spacial score (nSPS) is 11.7. The van der Waals surface area contributed by atoms with Crippen molar-refractivity contribution in [2.75, 3.05) is 0 Å². The molecule has 0 aliphatic rings. The van der Waals surface area contributed by atoms with E-state index in [0.29, 0.717) is 11.3 Å². The molecule has 0 fully saturated rings. The molecule has 0 radical (unpaired) electrons. The molecule has 0 N–H and O–H groups in total. The van der Waals surface area contributed by atoms with Gasteiger partial charge in [0.2, 0.25) is 9.05 Å². The summed E-state index contributed by atoms with van der Waals surface area (Å²) in [6, 6.07) is 7.81.